The van der Waals surface area contributed by atoms with E-state index >= 15 is 13.2 Å². The van der Waals surface area contributed by atoms with Crippen LogP contribution in [0.5, 0.6) is 0 Å². The van der Waals surface area contributed by atoms with Gasteiger partial charge >= 0.3 is 0 Å². The van der Waals surface area contributed by atoms with Gasteiger partial charge in [-0.25, -0.2) is 13.2 Å². The number of rotatable bonds is 8. The van der Waals surface area contributed by atoms with Gasteiger partial charge in [-0.05, 0) is 59.0 Å². The number of fused-ring (bicyclic) bond motifs is 1. The highest BCUT2D eigenvalue weighted by Gasteiger charge is 2.27. The molecule has 0 saturated carbocycles. The normalized spacial score (nSPS) is 13.2. The van der Waals surface area contributed by atoms with E-state index in [2.05, 4.69) is 6.92 Å². The molecule has 0 amide bonds. The monoisotopic (exact) mass is 446 g/mol. The van der Waals surface area contributed by atoms with Crippen LogP contribution in [0.3, 0.4) is 0 Å². The summed E-state index contributed by atoms with van der Waals surface area (Å²) in [5, 5.41) is 1.99. The molecule has 3 heteroatoms. The summed E-state index contributed by atoms with van der Waals surface area (Å²) >= 11 is 0. The minimum atomic E-state index is -1.35. The summed E-state index contributed by atoms with van der Waals surface area (Å²) < 4.78 is 46.2. The maximum absolute atomic E-state index is 15.9. The molecule has 0 radical (unpaired) electrons. The Hall–Kier alpha value is -3.07. The Morgan fingerprint density at radius 2 is 1.39 bits per heavy atom. The zero-order valence-corrected chi connectivity index (χ0v) is 19.1. The van der Waals surface area contributed by atoms with Crippen molar-refractivity contribution in [2.24, 2.45) is 0 Å². The summed E-state index contributed by atoms with van der Waals surface area (Å²) in [6.45, 7) is 4.01. The van der Waals surface area contributed by atoms with Gasteiger partial charge in [0.25, 0.3) is 0 Å². The molecule has 0 spiro atoms. The van der Waals surface area contributed by atoms with Crippen molar-refractivity contribution in [1.29, 1.82) is 0 Å². The van der Waals surface area contributed by atoms with Crippen LogP contribution in [0.25, 0.3) is 21.9 Å². The summed E-state index contributed by atoms with van der Waals surface area (Å²) in [6.07, 6.45) is 1.93. The zero-order valence-electron chi connectivity index (χ0n) is 19.1. The molecule has 2 unspecified atom stereocenters. The van der Waals surface area contributed by atoms with Gasteiger partial charge in [0.05, 0.1) is 5.56 Å². The molecule has 0 nitrogen and oxygen atoms in total. The molecule has 0 N–H and O–H groups in total. The fraction of sp³-hybridized carbons (Fsp3) is 0.267. The first-order valence-electron chi connectivity index (χ1n) is 11.7. The Bertz CT molecular complexity index is 1200. The van der Waals surface area contributed by atoms with Gasteiger partial charge in [-0.3, -0.25) is 0 Å². The highest BCUT2D eigenvalue weighted by atomic mass is 19.1. The first-order valence-corrected chi connectivity index (χ1v) is 11.7. The van der Waals surface area contributed by atoms with Gasteiger partial charge in [0, 0.05) is 5.92 Å². The Kier molecular flexibility index (Phi) is 7.17. The van der Waals surface area contributed by atoms with Gasteiger partial charge in [-0.15, -0.1) is 0 Å². The third-order valence-corrected chi connectivity index (χ3v) is 6.40. The molecule has 170 valence electrons. The quantitative estimate of drug-likeness (QED) is 0.236. The molecule has 4 aromatic rings. The predicted octanol–water partition coefficient (Wildman–Crippen LogP) is 9.47. The molecule has 0 aliphatic carbocycles. The number of halogens is 3. The highest BCUT2D eigenvalue weighted by molar-refractivity contribution is 5.83. The van der Waals surface area contributed by atoms with Gasteiger partial charge < -0.3 is 0 Å². The van der Waals surface area contributed by atoms with Crippen molar-refractivity contribution >= 4 is 10.8 Å². The summed E-state index contributed by atoms with van der Waals surface area (Å²) in [4.78, 5) is 0. The van der Waals surface area contributed by atoms with Gasteiger partial charge in [0.15, 0.2) is 0 Å². The van der Waals surface area contributed by atoms with E-state index in [-0.39, 0.29) is 5.56 Å². The minimum Gasteiger partial charge on any atom is -0.242 e. The molecule has 0 fully saturated rings. The second-order valence-electron chi connectivity index (χ2n) is 8.84. The molecule has 0 heterocycles. The molecule has 0 aromatic heterocycles. The van der Waals surface area contributed by atoms with Crippen LogP contribution in [0.4, 0.5) is 13.2 Å². The van der Waals surface area contributed by atoms with E-state index in [1.165, 1.54) is 12.1 Å². The molecule has 4 rings (SSSR count). The molecule has 2 atom stereocenters. The van der Waals surface area contributed by atoms with Crippen molar-refractivity contribution < 1.29 is 13.2 Å². The lowest BCUT2D eigenvalue weighted by Gasteiger charge is -2.23. The van der Waals surface area contributed by atoms with Crippen LogP contribution in [0.15, 0.2) is 78.9 Å². The number of aryl methyl sites for hydroxylation is 1. The lowest BCUT2D eigenvalue weighted by atomic mass is 9.84. The smallest absolute Gasteiger partial charge is 0.134 e. The maximum atomic E-state index is 15.9. The van der Waals surface area contributed by atoms with E-state index in [0.717, 1.165) is 35.6 Å². The van der Waals surface area contributed by atoms with E-state index in [1.807, 2.05) is 55.5 Å². The first-order chi connectivity index (χ1) is 16.0. The van der Waals surface area contributed by atoms with E-state index in [0.29, 0.717) is 23.1 Å². The summed E-state index contributed by atoms with van der Waals surface area (Å²) in [5.74, 6) is -1.92. The molecule has 0 saturated heterocycles. The third-order valence-electron chi connectivity index (χ3n) is 6.40. The number of unbranched alkanes of at least 4 members (excludes halogenated alkanes) is 2. The average molecular weight is 447 g/mol. The average Bonchev–Trinajstić information content (AvgIpc) is 2.82. The van der Waals surface area contributed by atoms with Crippen LogP contribution >= 0.6 is 0 Å². The minimum absolute atomic E-state index is 0.0628. The highest BCUT2D eigenvalue weighted by Crippen LogP contribution is 2.41. The van der Waals surface area contributed by atoms with E-state index < -0.39 is 23.7 Å². The predicted molar refractivity (Wildman–Crippen MR) is 131 cm³/mol. The van der Waals surface area contributed by atoms with Crippen molar-refractivity contribution in [2.75, 3.05) is 0 Å². The summed E-state index contributed by atoms with van der Waals surface area (Å²) in [5.41, 5.74) is 2.35. The lowest BCUT2D eigenvalue weighted by Crippen LogP contribution is -2.09. The SMILES string of the molecule is CCCCCC(c1cc(F)c(-c2ccc(C)cc2)c(F)c1)C(F)c1ccc2ccccc2c1. The maximum Gasteiger partial charge on any atom is 0.134 e. The molecule has 0 aliphatic heterocycles. The largest absolute Gasteiger partial charge is 0.242 e. The Morgan fingerprint density at radius 3 is 2.06 bits per heavy atom. The number of benzene rings is 4. The molecular formula is C30H29F3. The topological polar surface area (TPSA) is 0 Å². The van der Waals surface area contributed by atoms with Gasteiger partial charge in [-0.1, -0.05) is 92.4 Å². The van der Waals surface area contributed by atoms with E-state index in [1.54, 1.807) is 18.2 Å². The number of hydrogen-bond acceptors (Lipinski definition) is 0. The van der Waals surface area contributed by atoms with Crippen molar-refractivity contribution in [3.63, 3.8) is 0 Å². The van der Waals surface area contributed by atoms with Crippen LogP contribution in [-0.2, 0) is 0 Å². The van der Waals surface area contributed by atoms with Crippen LogP contribution in [0, 0.1) is 18.6 Å². The molecule has 4 aromatic carbocycles. The van der Waals surface area contributed by atoms with Gasteiger partial charge in [0.1, 0.15) is 17.8 Å². The van der Waals surface area contributed by atoms with Gasteiger partial charge in [-0.2, -0.15) is 0 Å². The molecule has 33 heavy (non-hydrogen) atoms. The summed E-state index contributed by atoms with van der Waals surface area (Å²) in [6, 6.07) is 23.1. The number of hydrogen-bond donors (Lipinski definition) is 0. The van der Waals surface area contributed by atoms with E-state index in [9.17, 15) is 0 Å². The first kappa shape index (κ1) is 23.1. The molecule has 0 bridgehead atoms. The Labute approximate surface area is 194 Å². The van der Waals surface area contributed by atoms with Crippen LogP contribution in [-0.4, -0.2) is 0 Å². The molecular weight excluding hydrogens is 417 g/mol. The van der Waals surface area contributed by atoms with E-state index in [4.69, 9.17) is 0 Å². The lowest BCUT2D eigenvalue weighted by molar-refractivity contribution is 0.272. The second-order valence-corrected chi connectivity index (χ2v) is 8.84. The summed E-state index contributed by atoms with van der Waals surface area (Å²) in [7, 11) is 0. The van der Waals surface area contributed by atoms with Crippen LogP contribution in [0.1, 0.15) is 61.4 Å². The molecule has 0 aliphatic rings. The van der Waals surface area contributed by atoms with Crippen LogP contribution < -0.4 is 0 Å². The van der Waals surface area contributed by atoms with Crippen molar-refractivity contribution in [1.82, 2.24) is 0 Å². The standard InChI is InChI=1S/C30H29F3/c1-3-4-5-10-26(30(33)24-16-15-21-8-6-7-9-23(21)17-24)25-18-27(31)29(28(32)19-25)22-13-11-20(2)12-14-22/h6-9,11-19,26,30H,3-5,10H2,1-2H3. The second kappa shape index (κ2) is 10.2. The van der Waals surface area contributed by atoms with Crippen molar-refractivity contribution in [2.45, 2.75) is 51.6 Å². The van der Waals surface area contributed by atoms with Gasteiger partial charge in [0.2, 0.25) is 0 Å². The number of alkyl halides is 1. The van der Waals surface area contributed by atoms with Crippen LogP contribution in [0.2, 0.25) is 0 Å². The zero-order chi connectivity index (χ0) is 23.4. The Balaban J connectivity index is 1.71. The van der Waals surface area contributed by atoms with Crippen molar-refractivity contribution in [3.8, 4) is 11.1 Å². The Morgan fingerprint density at radius 1 is 0.727 bits per heavy atom. The fourth-order valence-corrected chi connectivity index (χ4v) is 4.51. The fourth-order valence-electron chi connectivity index (χ4n) is 4.51. The third kappa shape index (κ3) is 5.13. The van der Waals surface area contributed by atoms with Crippen molar-refractivity contribution in [3.05, 3.63) is 107 Å².